The molecule has 6 rings (SSSR count). The minimum absolute atomic E-state index is 0.0266. The summed E-state index contributed by atoms with van der Waals surface area (Å²) < 4.78 is 7.65. The zero-order chi connectivity index (χ0) is 27.9. The van der Waals surface area contributed by atoms with Crippen LogP contribution in [0, 0.1) is 13.8 Å². The molecule has 1 aromatic heterocycles. The molecule has 0 fully saturated rings. The van der Waals surface area contributed by atoms with Crippen molar-refractivity contribution in [2.45, 2.75) is 45.1 Å². The standard InChI is InChI=1S/C31H28IN5O3/c1-21-7-11-24(12-8-21)28-31(17-15-23-5-3-4-6-26(23)31)18-20-36(33-28)29-34-37(25-13-9-22(2)10-14-25)30(39)35(29)19-16-27(38)40-32/h3-14,18,20H,15-17,19H2,1-2H3/t31-/m0/s1. The number of anilines is 1. The SMILES string of the molecule is Cc1ccc(C2=NN(c3nn(-c4ccc(C)cc4)c(=O)n3CCC(=O)OI)C=C[C@]23CCc2ccccc23)cc1. The first kappa shape index (κ1) is 26.2. The van der Waals surface area contributed by atoms with Crippen molar-refractivity contribution in [3.63, 3.8) is 0 Å². The van der Waals surface area contributed by atoms with Crippen molar-refractivity contribution in [2.24, 2.45) is 5.10 Å². The number of hydrogen-bond donors (Lipinski definition) is 0. The van der Waals surface area contributed by atoms with Crippen molar-refractivity contribution in [3.05, 3.63) is 123 Å². The van der Waals surface area contributed by atoms with E-state index in [9.17, 15) is 9.59 Å². The molecule has 8 nitrogen and oxygen atoms in total. The second-order valence-electron chi connectivity index (χ2n) is 10.3. The van der Waals surface area contributed by atoms with Gasteiger partial charge in [-0.15, -0.1) is 5.10 Å². The lowest BCUT2D eigenvalue weighted by Gasteiger charge is -2.34. The van der Waals surface area contributed by atoms with Gasteiger partial charge in [0, 0.05) is 12.7 Å². The minimum Gasteiger partial charge on any atom is -0.394 e. The third-order valence-corrected chi connectivity index (χ3v) is 8.19. The van der Waals surface area contributed by atoms with Crippen LogP contribution in [-0.2, 0) is 26.2 Å². The number of hydrogen-bond acceptors (Lipinski definition) is 6. The summed E-state index contributed by atoms with van der Waals surface area (Å²) in [5.74, 6) is -0.0880. The van der Waals surface area contributed by atoms with Gasteiger partial charge in [-0.3, -0.25) is 9.36 Å². The Morgan fingerprint density at radius 1 is 1.00 bits per heavy atom. The second-order valence-corrected chi connectivity index (χ2v) is 10.7. The fourth-order valence-corrected chi connectivity index (χ4v) is 5.77. The van der Waals surface area contributed by atoms with Gasteiger partial charge in [0.15, 0.2) is 23.0 Å². The number of benzene rings is 3. The number of hydrazone groups is 1. The Bertz CT molecular complexity index is 1700. The van der Waals surface area contributed by atoms with Crippen LogP contribution >= 0.6 is 23.0 Å². The van der Waals surface area contributed by atoms with Gasteiger partial charge in [0.25, 0.3) is 5.95 Å². The number of carbonyl (C=O) groups is 1. The fraction of sp³-hybridized carbons (Fsp3) is 0.226. The van der Waals surface area contributed by atoms with E-state index in [0.29, 0.717) is 11.6 Å². The van der Waals surface area contributed by atoms with E-state index in [1.807, 2.05) is 37.4 Å². The molecule has 1 aliphatic heterocycles. The van der Waals surface area contributed by atoms with Crippen LogP contribution in [0.15, 0.2) is 95.0 Å². The van der Waals surface area contributed by atoms with Crippen molar-refractivity contribution in [2.75, 3.05) is 5.01 Å². The summed E-state index contributed by atoms with van der Waals surface area (Å²) in [4.78, 5) is 25.7. The third kappa shape index (κ3) is 4.57. The number of nitrogens with zero attached hydrogens (tertiary/aromatic N) is 5. The van der Waals surface area contributed by atoms with Gasteiger partial charge < -0.3 is 3.07 Å². The lowest BCUT2D eigenvalue weighted by atomic mass is 9.74. The van der Waals surface area contributed by atoms with Crippen LogP contribution in [0.4, 0.5) is 5.95 Å². The van der Waals surface area contributed by atoms with E-state index in [1.165, 1.54) is 25.9 Å². The molecule has 0 saturated heterocycles. The van der Waals surface area contributed by atoms with Crippen molar-refractivity contribution in [1.82, 2.24) is 14.3 Å². The predicted octanol–water partition coefficient (Wildman–Crippen LogP) is 5.56. The maximum Gasteiger partial charge on any atom is 0.352 e. The number of aryl methyl sites for hydroxylation is 3. The third-order valence-electron chi connectivity index (χ3n) is 7.69. The van der Waals surface area contributed by atoms with Gasteiger partial charge >= 0.3 is 11.7 Å². The van der Waals surface area contributed by atoms with Gasteiger partial charge in [-0.05, 0) is 61.6 Å². The molecule has 0 radical (unpaired) electrons. The summed E-state index contributed by atoms with van der Waals surface area (Å²) in [6, 6.07) is 24.5. The van der Waals surface area contributed by atoms with E-state index >= 15 is 0 Å². The van der Waals surface area contributed by atoms with E-state index in [0.717, 1.165) is 29.7 Å². The number of fused-ring (bicyclic) bond motifs is 2. The van der Waals surface area contributed by atoms with Crippen molar-refractivity contribution < 1.29 is 7.86 Å². The van der Waals surface area contributed by atoms with E-state index < -0.39 is 11.4 Å². The number of allylic oxidation sites excluding steroid dienone is 1. The Kier molecular flexibility index (Phi) is 6.91. The van der Waals surface area contributed by atoms with Crippen LogP contribution in [0.3, 0.4) is 0 Å². The van der Waals surface area contributed by atoms with E-state index in [-0.39, 0.29) is 18.7 Å². The first-order valence-electron chi connectivity index (χ1n) is 13.2. The summed E-state index contributed by atoms with van der Waals surface area (Å²) in [7, 11) is 0. The lowest BCUT2D eigenvalue weighted by Crippen LogP contribution is -2.38. The molecule has 2 heterocycles. The molecule has 3 aromatic carbocycles. The Morgan fingerprint density at radius 2 is 1.70 bits per heavy atom. The molecule has 0 bridgehead atoms. The highest BCUT2D eigenvalue weighted by atomic mass is 127. The van der Waals surface area contributed by atoms with Crippen molar-refractivity contribution >= 4 is 40.6 Å². The van der Waals surface area contributed by atoms with Gasteiger partial charge in [-0.2, -0.15) is 9.78 Å². The minimum atomic E-state index is -0.416. The molecule has 0 N–H and O–H groups in total. The van der Waals surface area contributed by atoms with E-state index in [4.69, 9.17) is 13.3 Å². The Morgan fingerprint density at radius 3 is 2.42 bits per heavy atom. The average Bonchev–Trinajstić information content (AvgIpc) is 3.51. The second kappa shape index (κ2) is 10.5. The fourth-order valence-electron chi connectivity index (χ4n) is 5.55. The summed E-state index contributed by atoms with van der Waals surface area (Å²) in [6.45, 7) is 4.16. The first-order chi connectivity index (χ1) is 19.4. The average molecular weight is 646 g/mol. The van der Waals surface area contributed by atoms with Gasteiger partial charge in [-0.25, -0.2) is 9.80 Å². The van der Waals surface area contributed by atoms with Crippen molar-refractivity contribution in [3.8, 4) is 5.69 Å². The monoisotopic (exact) mass is 645 g/mol. The summed E-state index contributed by atoms with van der Waals surface area (Å²) in [5.41, 5.74) is 6.61. The molecule has 1 aliphatic carbocycles. The van der Waals surface area contributed by atoms with Crippen LogP contribution < -0.4 is 10.7 Å². The number of carbonyl (C=O) groups excluding carboxylic acids is 1. The van der Waals surface area contributed by atoms with Crippen LogP contribution in [-0.4, -0.2) is 26.0 Å². The normalized spacial score (nSPS) is 17.7. The number of rotatable bonds is 6. The highest BCUT2D eigenvalue weighted by Crippen LogP contribution is 2.45. The summed E-state index contributed by atoms with van der Waals surface area (Å²) in [6.07, 6.45) is 5.96. The molecular formula is C31H28IN5O3. The highest BCUT2D eigenvalue weighted by Gasteiger charge is 2.44. The Labute approximate surface area is 246 Å². The largest absolute Gasteiger partial charge is 0.394 e. The summed E-state index contributed by atoms with van der Waals surface area (Å²) in [5, 5.41) is 11.5. The first-order valence-corrected chi connectivity index (χ1v) is 14.1. The number of halogens is 1. The molecule has 0 amide bonds. The van der Waals surface area contributed by atoms with Crippen molar-refractivity contribution in [1.29, 1.82) is 0 Å². The Balaban J connectivity index is 1.50. The molecule has 4 aromatic rings. The van der Waals surface area contributed by atoms with Gasteiger partial charge in [0.1, 0.15) is 0 Å². The topological polar surface area (TPSA) is 81.7 Å². The zero-order valence-corrected chi connectivity index (χ0v) is 24.4. The smallest absolute Gasteiger partial charge is 0.352 e. The van der Waals surface area contributed by atoms with E-state index in [2.05, 4.69) is 61.5 Å². The quantitative estimate of drug-likeness (QED) is 0.257. The maximum absolute atomic E-state index is 13.6. The molecule has 2 aliphatic rings. The zero-order valence-electron chi connectivity index (χ0n) is 22.3. The van der Waals surface area contributed by atoms with Gasteiger partial charge in [-0.1, -0.05) is 71.8 Å². The molecule has 1 spiro atoms. The lowest BCUT2D eigenvalue weighted by molar-refractivity contribution is -0.131. The maximum atomic E-state index is 13.6. The molecule has 1 atom stereocenters. The molecule has 40 heavy (non-hydrogen) atoms. The predicted molar refractivity (Wildman–Crippen MR) is 163 cm³/mol. The highest BCUT2D eigenvalue weighted by molar-refractivity contribution is 14.1. The van der Waals surface area contributed by atoms with E-state index in [1.54, 1.807) is 28.0 Å². The van der Waals surface area contributed by atoms with Crippen LogP contribution in [0.25, 0.3) is 5.69 Å². The molecule has 0 saturated carbocycles. The molecule has 9 heteroatoms. The van der Waals surface area contributed by atoms with Crippen LogP contribution in [0.2, 0.25) is 0 Å². The molecule has 0 unspecified atom stereocenters. The Hall–Kier alpha value is -3.99. The van der Waals surface area contributed by atoms with Crippen LogP contribution in [0.1, 0.15) is 40.7 Å². The van der Waals surface area contributed by atoms with Gasteiger partial charge in [0.2, 0.25) is 0 Å². The van der Waals surface area contributed by atoms with Crippen LogP contribution in [0.5, 0.6) is 0 Å². The summed E-state index contributed by atoms with van der Waals surface area (Å²) >= 11 is 1.56. The molecular weight excluding hydrogens is 617 g/mol. The molecule has 202 valence electrons. The number of aromatic nitrogens is 3. The van der Waals surface area contributed by atoms with Gasteiger partial charge in [0.05, 0.1) is 23.2 Å².